The molecule has 1 N–H and O–H groups in total. The van der Waals surface area contributed by atoms with Crippen molar-refractivity contribution in [1.29, 1.82) is 0 Å². The van der Waals surface area contributed by atoms with Gasteiger partial charge in [-0.2, -0.15) is 0 Å². The molecule has 170 valence electrons. The van der Waals surface area contributed by atoms with E-state index in [1.54, 1.807) is 30.3 Å². The van der Waals surface area contributed by atoms with Gasteiger partial charge in [0.15, 0.2) is 0 Å². The number of hydrogen-bond donors (Lipinski definition) is 1. The van der Waals surface area contributed by atoms with Crippen LogP contribution in [0.15, 0.2) is 66.7 Å². The smallest absolute Gasteiger partial charge is 0.323 e. The Morgan fingerprint density at radius 3 is 2.18 bits per heavy atom. The van der Waals surface area contributed by atoms with Gasteiger partial charge in [-0.1, -0.05) is 24.3 Å². The molecule has 1 aliphatic heterocycles. The Bertz CT molecular complexity index is 1180. The predicted molar refractivity (Wildman–Crippen MR) is 118 cm³/mol. The lowest BCUT2D eigenvalue weighted by Crippen LogP contribution is -2.35. The summed E-state index contributed by atoms with van der Waals surface area (Å²) in [7, 11) is 0. The Morgan fingerprint density at radius 2 is 1.58 bits per heavy atom. The second-order valence-electron chi connectivity index (χ2n) is 8.54. The highest BCUT2D eigenvalue weighted by atomic mass is 19.1. The molecule has 3 aromatic rings. The van der Waals surface area contributed by atoms with Crippen molar-refractivity contribution < 1.29 is 28.2 Å². The van der Waals surface area contributed by atoms with E-state index >= 15 is 0 Å². The molecule has 1 aliphatic rings. The molecule has 33 heavy (non-hydrogen) atoms. The molecule has 1 atom stereocenters. The fraction of sp³-hybridized carbons (Fsp3) is 0.231. The molecule has 0 saturated heterocycles. The van der Waals surface area contributed by atoms with Crippen LogP contribution in [0.5, 0.6) is 5.75 Å². The van der Waals surface area contributed by atoms with Gasteiger partial charge in [-0.05, 0) is 66.1 Å². The number of hydrogen-bond acceptors (Lipinski definition) is 3. The van der Waals surface area contributed by atoms with Crippen molar-refractivity contribution in [2.45, 2.75) is 31.9 Å². The topological polar surface area (TPSA) is 66.8 Å². The Hall–Kier alpha value is -3.74. The number of carboxylic acid groups (broad SMARTS) is 1. The number of nitrogens with zero attached hydrogens (tertiary/aromatic N) is 1. The standard InChI is InChI=1S/C26H23F2NO4/c1-26(13-17-2-7-21(27)8-3-17)14-20-12-19(6-11-23(20)33-26)25(32)29(16-24(30)31)15-18-4-9-22(28)10-5-18/h2-12H,13-16H2,1H3,(H,30,31). The van der Waals surface area contributed by atoms with E-state index in [0.29, 0.717) is 29.7 Å². The number of aliphatic carboxylic acids is 1. The summed E-state index contributed by atoms with van der Waals surface area (Å²) < 4.78 is 32.6. The molecule has 5 nitrogen and oxygen atoms in total. The molecule has 1 heterocycles. The first-order valence-electron chi connectivity index (χ1n) is 10.5. The maximum absolute atomic E-state index is 13.2. The summed E-state index contributed by atoms with van der Waals surface area (Å²) in [4.78, 5) is 25.7. The highest BCUT2D eigenvalue weighted by Crippen LogP contribution is 2.37. The van der Waals surface area contributed by atoms with Gasteiger partial charge in [0.05, 0.1) is 0 Å². The first kappa shape index (κ1) is 22.5. The molecular formula is C26H23F2NO4. The zero-order chi connectivity index (χ0) is 23.6. The van der Waals surface area contributed by atoms with Crippen LogP contribution in [0.25, 0.3) is 0 Å². The molecule has 0 aliphatic carbocycles. The van der Waals surface area contributed by atoms with E-state index in [2.05, 4.69) is 0 Å². The third-order valence-electron chi connectivity index (χ3n) is 5.62. The SMILES string of the molecule is CC1(Cc2ccc(F)cc2)Cc2cc(C(=O)N(CC(=O)O)Cc3ccc(F)cc3)ccc2O1. The zero-order valence-corrected chi connectivity index (χ0v) is 18.1. The predicted octanol–water partition coefficient (Wildman–Crippen LogP) is 4.63. The van der Waals surface area contributed by atoms with Gasteiger partial charge < -0.3 is 14.7 Å². The zero-order valence-electron chi connectivity index (χ0n) is 18.1. The highest BCUT2D eigenvalue weighted by molar-refractivity contribution is 5.96. The minimum absolute atomic E-state index is 0.0429. The molecule has 0 fully saturated rings. The van der Waals surface area contributed by atoms with Gasteiger partial charge in [-0.3, -0.25) is 9.59 Å². The van der Waals surface area contributed by atoms with Crippen LogP contribution in [0, 0.1) is 11.6 Å². The molecule has 0 radical (unpaired) electrons. The van der Waals surface area contributed by atoms with Crippen LogP contribution in [0.1, 0.15) is 34.0 Å². The molecule has 4 rings (SSSR count). The lowest BCUT2D eigenvalue weighted by Gasteiger charge is -2.24. The largest absolute Gasteiger partial charge is 0.487 e. The number of carboxylic acids is 1. The Kier molecular flexibility index (Phi) is 6.14. The quantitative estimate of drug-likeness (QED) is 0.569. The lowest BCUT2D eigenvalue weighted by atomic mass is 9.91. The monoisotopic (exact) mass is 451 g/mol. The summed E-state index contributed by atoms with van der Waals surface area (Å²) in [6, 6.07) is 16.9. The summed E-state index contributed by atoms with van der Waals surface area (Å²) in [6.45, 7) is 1.52. The number of carbonyl (C=O) groups is 2. The first-order chi connectivity index (χ1) is 15.7. The molecule has 1 unspecified atom stereocenters. The van der Waals surface area contributed by atoms with E-state index in [1.165, 1.54) is 41.3 Å². The molecule has 0 bridgehead atoms. The summed E-state index contributed by atoms with van der Waals surface area (Å²) in [5.41, 5.74) is 2.23. The maximum atomic E-state index is 13.2. The molecule has 0 spiro atoms. The van der Waals surface area contributed by atoms with E-state index in [1.807, 2.05) is 6.92 Å². The van der Waals surface area contributed by atoms with Crippen LogP contribution in [0.4, 0.5) is 8.78 Å². The second kappa shape index (κ2) is 9.02. The fourth-order valence-electron chi connectivity index (χ4n) is 4.14. The fourth-order valence-corrected chi connectivity index (χ4v) is 4.14. The number of halogens is 2. The summed E-state index contributed by atoms with van der Waals surface area (Å²) in [5, 5.41) is 9.29. The number of fused-ring (bicyclic) bond motifs is 1. The van der Waals surface area contributed by atoms with Crippen molar-refractivity contribution in [3.05, 3.63) is 101 Å². The van der Waals surface area contributed by atoms with Crippen molar-refractivity contribution in [1.82, 2.24) is 4.90 Å². The minimum Gasteiger partial charge on any atom is -0.487 e. The van der Waals surface area contributed by atoms with Gasteiger partial charge >= 0.3 is 5.97 Å². The number of benzene rings is 3. The van der Waals surface area contributed by atoms with Crippen LogP contribution >= 0.6 is 0 Å². The lowest BCUT2D eigenvalue weighted by molar-refractivity contribution is -0.137. The Morgan fingerprint density at radius 1 is 0.970 bits per heavy atom. The van der Waals surface area contributed by atoms with Gasteiger partial charge in [-0.15, -0.1) is 0 Å². The molecule has 0 aromatic heterocycles. The van der Waals surface area contributed by atoms with Gasteiger partial charge in [0.1, 0.15) is 29.5 Å². The number of carbonyl (C=O) groups excluding carboxylic acids is 1. The maximum Gasteiger partial charge on any atom is 0.323 e. The number of ether oxygens (including phenoxy) is 1. The minimum atomic E-state index is -1.14. The number of amides is 1. The van der Waals surface area contributed by atoms with Crippen LogP contribution in [0.3, 0.4) is 0 Å². The van der Waals surface area contributed by atoms with Crippen molar-refractivity contribution in [2.75, 3.05) is 6.54 Å². The summed E-state index contributed by atoms with van der Waals surface area (Å²) >= 11 is 0. The van der Waals surface area contributed by atoms with Crippen LogP contribution in [0.2, 0.25) is 0 Å². The molecular weight excluding hydrogens is 428 g/mol. The first-order valence-corrected chi connectivity index (χ1v) is 10.5. The molecule has 3 aromatic carbocycles. The Labute approximate surface area is 190 Å². The van der Waals surface area contributed by atoms with Gasteiger partial charge in [-0.25, -0.2) is 8.78 Å². The third-order valence-corrected chi connectivity index (χ3v) is 5.62. The summed E-state index contributed by atoms with van der Waals surface area (Å²) in [5.74, 6) is -1.61. The van der Waals surface area contributed by atoms with Crippen LogP contribution in [-0.2, 0) is 24.2 Å². The average molecular weight is 451 g/mol. The highest BCUT2D eigenvalue weighted by Gasteiger charge is 2.35. The summed E-state index contributed by atoms with van der Waals surface area (Å²) in [6.07, 6.45) is 1.12. The van der Waals surface area contributed by atoms with Crippen LogP contribution < -0.4 is 4.74 Å². The second-order valence-corrected chi connectivity index (χ2v) is 8.54. The van der Waals surface area contributed by atoms with Gasteiger partial charge in [0.2, 0.25) is 0 Å². The average Bonchev–Trinajstić information content (AvgIpc) is 3.10. The van der Waals surface area contributed by atoms with Crippen molar-refractivity contribution in [2.24, 2.45) is 0 Å². The normalized spacial score (nSPS) is 16.7. The molecule has 7 heteroatoms. The van der Waals surface area contributed by atoms with Crippen molar-refractivity contribution in [3.63, 3.8) is 0 Å². The van der Waals surface area contributed by atoms with E-state index in [-0.39, 0.29) is 12.4 Å². The van der Waals surface area contributed by atoms with Crippen molar-refractivity contribution in [3.8, 4) is 5.75 Å². The van der Waals surface area contributed by atoms with E-state index in [0.717, 1.165) is 11.1 Å². The van der Waals surface area contributed by atoms with E-state index in [4.69, 9.17) is 4.74 Å². The van der Waals surface area contributed by atoms with E-state index < -0.39 is 29.8 Å². The Balaban J connectivity index is 1.52. The molecule has 0 saturated carbocycles. The van der Waals surface area contributed by atoms with Crippen molar-refractivity contribution >= 4 is 11.9 Å². The van der Waals surface area contributed by atoms with Crippen LogP contribution in [-0.4, -0.2) is 34.0 Å². The van der Waals surface area contributed by atoms with Gasteiger partial charge in [0, 0.05) is 24.9 Å². The van der Waals surface area contributed by atoms with E-state index in [9.17, 15) is 23.5 Å². The molecule has 1 amide bonds. The number of rotatable bonds is 7. The third kappa shape index (κ3) is 5.37. The van der Waals surface area contributed by atoms with Gasteiger partial charge in [0.25, 0.3) is 5.91 Å².